The van der Waals surface area contributed by atoms with Crippen LogP contribution in [0.4, 0.5) is 0 Å². The molecule has 0 spiro atoms. The fourth-order valence-corrected chi connectivity index (χ4v) is 2.11. The van der Waals surface area contributed by atoms with Gasteiger partial charge in [-0.2, -0.15) is 0 Å². The largest absolute Gasteiger partial charge is 0.481 e. The van der Waals surface area contributed by atoms with Crippen molar-refractivity contribution in [1.29, 1.82) is 0 Å². The molecule has 2 rings (SSSR count). The molecule has 0 bridgehead atoms. The van der Waals surface area contributed by atoms with Crippen LogP contribution in [0.3, 0.4) is 0 Å². The van der Waals surface area contributed by atoms with Gasteiger partial charge in [-0.3, -0.25) is 9.59 Å². The van der Waals surface area contributed by atoms with Crippen LogP contribution in [-0.4, -0.2) is 28.1 Å². The number of carboxylic acids is 1. The van der Waals surface area contributed by atoms with E-state index < -0.39 is 11.4 Å². The number of aliphatic carboxylic acids is 1. The highest BCUT2D eigenvalue weighted by molar-refractivity contribution is 6.31. The Labute approximate surface area is 110 Å². The molecule has 2 N–H and O–H groups in total. The molecule has 98 valence electrons. The van der Waals surface area contributed by atoms with Crippen molar-refractivity contribution in [1.82, 2.24) is 9.88 Å². The van der Waals surface area contributed by atoms with Gasteiger partial charge in [-0.1, -0.05) is 11.6 Å². The second-order valence-corrected chi connectivity index (χ2v) is 5.03. The molecule has 1 aliphatic carbocycles. The smallest absolute Gasteiger partial charge is 0.311 e. The lowest BCUT2D eigenvalue weighted by Gasteiger charge is -2.12. The number of carboxylic acid groups (broad SMARTS) is 1. The number of halogens is 1. The third-order valence-corrected chi connectivity index (χ3v) is 3.54. The first-order chi connectivity index (χ1) is 8.48. The molecule has 0 aromatic carbocycles. The van der Waals surface area contributed by atoms with Crippen molar-refractivity contribution >= 4 is 23.5 Å². The second kappa shape index (κ2) is 4.65. The van der Waals surface area contributed by atoms with E-state index in [4.69, 9.17) is 16.7 Å². The first-order valence-electron chi connectivity index (χ1n) is 5.86. The molecule has 0 unspecified atom stereocenters. The van der Waals surface area contributed by atoms with Crippen LogP contribution in [0.25, 0.3) is 0 Å². The summed E-state index contributed by atoms with van der Waals surface area (Å²) in [7, 11) is 0. The molecule has 0 aliphatic heterocycles. The van der Waals surface area contributed by atoms with E-state index in [1.165, 1.54) is 0 Å². The van der Waals surface area contributed by atoms with Gasteiger partial charge in [-0.15, -0.1) is 0 Å². The van der Waals surface area contributed by atoms with Gasteiger partial charge in [-0.25, -0.2) is 0 Å². The minimum absolute atomic E-state index is 0.174. The zero-order valence-electron chi connectivity index (χ0n) is 10.1. The molecule has 0 saturated heterocycles. The van der Waals surface area contributed by atoms with Gasteiger partial charge < -0.3 is 15.0 Å². The van der Waals surface area contributed by atoms with Gasteiger partial charge >= 0.3 is 5.97 Å². The zero-order chi connectivity index (χ0) is 13.3. The summed E-state index contributed by atoms with van der Waals surface area (Å²) >= 11 is 5.85. The number of amides is 1. The van der Waals surface area contributed by atoms with E-state index in [-0.39, 0.29) is 12.5 Å². The molecule has 5 nitrogen and oxygen atoms in total. The van der Waals surface area contributed by atoms with Gasteiger partial charge in [0.15, 0.2) is 0 Å². The SMILES string of the molecule is CCn1cc(Cl)cc1C(=O)NCC1(C(=O)O)CC1. The molecule has 0 radical (unpaired) electrons. The number of nitrogens with zero attached hydrogens (tertiary/aromatic N) is 1. The fraction of sp³-hybridized carbons (Fsp3) is 0.500. The molecule has 1 aromatic rings. The summed E-state index contributed by atoms with van der Waals surface area (Å²) in [5, 5.41) is 12.2. The summed E-state index contributed by atoms with van der Waals surface area (Å²) in [6.45, 7) is 2.72. The average Bonchev–Trinajstić information content (AvgIpc) is 3.03. The predicted molar refractivity (Wildman–Crippen MR) is 66.8 cm³/mol. The van der Waals surface area contributed by atoms with Crippen molar-refractivity contribution in [2.45, 2.75) is 26.3 Å². The Morgan fingerprint density at radius 3 is 2.72 bits per heavy atom. The van der Waals surface area contributed by atoms with Crippen molar-refractivity contribution < 1.29 is 14.7 Å². The minimum Gasteiger partial charge on any atom is -0.481 e. The number of nitrogens with one attached hydrogen (secondary N) is 1. The maximum Gasteiger partial charge on any atom is 0.311 e. The molecule has 1 aliphatic rings. The van der Waals surface area contributed by atoms with Crippen LogP contribution in [0, 0.1) is 5.41 Å². The van der Waals surface area contributed by atoms with Crippen LogP contribution < -0.4 is 5.32 Å². The topological polar surface area (TPSA) is 71.3 Å². The Bertz CT molecular complexity index is 492. The van der Waals surface area contributed by atoms with Crippen molar-refractivity contribution in [2.24, 2.45) is 5.41 Å². The molecular weight excluding hydrogens is 256 g/mol. The van der Waals surface area contributed by atoms with Crippen LogP contribution in [-0.2, 0) is 11.3 Å². The van der Waals surface area contributed by atoms with Crippen LogP contribution in [0.2, 0.25) is 5.02 Å². The molecule has 1 saturated carbocycles. The standard InChI is InChI=1S/C12H15ClN2O3/c1-2-15-6-8(13)5-9(15)10(16)14-7-12(3-4-12)11(17)18/h5-6H,2-4,7H2,1H3,(H,14,16)(H,17,18). The van der Waals surface area contributed by atoms with Crippen LogP contribution >= 0.6 is 11.6 Å². The van der Waals surface area contributed by atoms with Crippen LogP contribution in [0.5, 0.6) is 0 Å². The highest BCUT2D eigenvalue weighted by Crippen LogP contribution is 2.45. The monoisotopic (exact) mass is 270 g/mol. The van der Waals surface area contributed by atoms with Gasteiger partial charge in [0.05, 0.1) is 10.4 Å². The van der Waals surface area contributed by atoms with Gasteiger partial charge in [0.25, 0.3) is 5.91 Å². The molecule has 1 fully saturated rings. The van der Waals surface area contributed by atoms with Crippen molar-refractivity contribution in [3.63, 3.8) is 0 Å². The molecule has 1 amide bonds. The molecule has 1 aromatic heterocycles. The van der Waals surface area contributed by atoms with Crippen molar-refractivity contribution in [2.75, 3.05) is 6.54 Å². The average molecular weight is 271 g/mol. The maximum absolute atomic E-state index is 12.0. The maximum atomic E-state index is 12.0. The lowest BCUT2D eigenvalue weighted by atomic mass is 10.1. The van der Waals surface area contributed by atoms with Gasteiger partial charge in [-0.05, 0) is 25.8 Å². The van der Waals surface area contributed by atoms with Gasteiger partial charge in [0, 0.05) is 19.3 Å². The summed E-state index contributed by atoms with van der Waals surface area (Å²) in [4.78, 5) is 22.9. The number of aryl methyl sites for hydroxylation is 1. The first kappa shape index (κ1) is 13.0. The van der Waals surface area contributed by atoms with E-state index in [0.29, 0.717) is 30.1 Å². The number of aromatic nitrogens is 1. The summed E-state index contributed by atoms with van der Waals surface area (Å²) in [6, 6.07) is 1.58. The van der Waals surface area contributed by atoms with E-state index in [9.17, 15) is 9.59 Å². The number of carbonyl (C=O) groups is 2. The Kier molecular flexibility index (Phi) is 3.34. The van der Waals surface area contributed by atoms with E-state index in [1.54, 1.807) is 16.8 Å². The summed E-state index contributed by atoms with van der Waals surface area (Å²) < 4.78 is 1.73. The van der Waals surface area contributed by atoms with E-state index >= 15 is 0 Å². The Morgan fingerprint density at radius 1 is 1.56 bits per heavy atom. The molecule has 6 heteroatoms. The van der Waals surface area contributed by atoms with Crippen molar-refractivity contribution in [3.05, 3.63) is 23.0 Å². The Hall–Kier alpha value is -1.49. The molecule has 18 heavy (non-hydrogen) atoms. The molecule has 1 heterocycles. The quantitative estimate of drug-likeness (QED) is 0.856. The summed E-state index contributed by atoms with van der Waals surface area (Å²) in [5.74, 6) is -1.12. The number of rotatable bonds is 5. The van der Waals surface area contributed by atoms with E-state index in [1.807, 2.05) is 6.92 Å². The van der Waals surface area contributed by atoms with Crippen LogP contribution in [0.15, 0.2) is 12.3 Å². The third kappa shape index (κ3) is 2.36. The number of carbonyl (C=O) groups excluding carboxylic acids is 1. The minimum atomic E-state index is -0.841. The predicted octanol–water partition coefficient (Wildman–Crippen LogP) is 1.76. The highest BCUT2D eigenvalue weighted by atomic mass is 35.5. The normalized spacial score (nSPS) is 16.3. The first-order valence-corrected chi connectivity index (χ1v) is 6.23. The van der Waals surface area contributed by atoms with Crippen molar-refractivity contribution in [3.8, 4) is 0 Å². The Morgan fingerprint density at radius 2 is 2.22 bits per heavy atom. The van der Waals surface area contributed by atoms with E-state index in [2.05, 4.69) is 5.32 Å². The number of hydrogen-bond donors (Lipinski definition) is 2. The lowest BCUT2D eigenvalue weighted by Crippen LogP contribution is -2.35. The summed E-state index contributed by atoms with van der Waals surface area (Å²) in [6.07, 6.45) is 2.93. The van der Waals surface area contributed by atoms with Gasteiger partial charge in [0.2, 0.25) is 0 Å². The lowest BCUT2D eigenvalue weighted by molar-refractivity contribution is -0.143. The summed E-state index contributed by atoms with van der Waals surface area (Å²) in [5.41, 5.74) is -0.285. The van der Waals surface area contributed by atoms with E-state index in [0.717, 1.165) is 0 Å². The van der Waals surface area contributed by atoms with Crippen LogP contribution in [0.1, 0.15) is 30.3 Å². The Balaban J connectivity index is 2.02. The second-order valence-electron chi connectivity index (χ2n) is 4.60. The molecular formula is C12H15ClN2O3. The fourth-order valence-electron chi connectivity index (χ4n) is 1.88. The molecule has 0 atom stereocenters. The zero-order valence-corrected chi connectivity index (χ0v) is 10.8. The third-order valence-electron chi connectivity index (χ3n) is 3.33. The van der Waals surface area contributed by atoms with Gasteiger partial charge in [0.1, 0.15) is 5.69 Å². The highest BCUT2D eigenvalue weighted by Gasteiger charge is 2.50. The number of hydrogen-bond acceptors (Lipinski definition) is 2.